The SMILES string of the molecule is O=C(Cc1ccc(Cl)cc1)N1CCN(Cc2ccco2)CC1. The normalized spacial score (nSPS) is 16.0. The van der Waals surface area contributed by atoms with Crippen molar-refractivity contribution in [1.82, 2.24) is 9.80 Å². The van der Waals surface area contributed by atoms with E-state index in [4.69, 9.17) is 16.0 Å². The van der Waals surface area contributed by atoms with Gasteiger partial charge in [0.1, 0.15) is 5.76 Å². The molecular formula is C17H19ClN2O2. The molecule has 1 aromatic carbocycles. The molecule has 2 heterocycles. The summed E-state index contributed by atoms with van der Waals surface area (Å²) in [6, 6.07) is 11.4. The molecule has 0 unspecified atom stereocenters. The Morgan fingerprint density at radius 3 is 2.45 bits per heavy atom. The highest BCUT2D eigenvalue weighted by atomic mass is 35.5. The largest absolute Gasteiger partial charge is 0.468 e. The van der Waals surface area contributed by atoms with Crippen LogP contribution in [-0.2, 0) is 17.8 Å². The number of carbonyl (C=O) groups excluding carboxylic acids is 1. The van der Waals surface area contributed by atoms with Crippen molar-refractivity contribution in [2.24, 2.45) is 0 Å². The molecule has 2 aromatic rings. The van der Waals surface area contributed by atoms with E-state index in [-0.39, 0.29) is 5.91 Å². The molecule has 0 radical (unpaired) electrons. The molecule has 0 aliphatic carbocycles. The molecule has 3 rings (SSSR count). The molecule has 0 atom stereocenters. The number of rotatable bonds is 4. The standard InChI is InChI=1S/C17H19ClN2O2/c18-15-5-3-14(4-6-15)12-17(21)20-9-7-19(8-10-20)13-16-2-1-11-22-16/h1-6,11H,7-10,12-13H2. The summed E-state index contributed by atoms with van der Waals surface area (Å²) in [5.41, 5.74) is 1.01. The fourth-order valence-electron chi connectivity index (χ4n) is 2.67. The summed E-state index contributed by atoms with van der Waals surface area (Å²) in [6.45, 7) is 4.12. The molecule has 1 aliphatic rings. The summed E-state index contributed by atoms with van der Waals surface area (Å²) >= 11 is 5.86. The van der Waals surface area contributed by atoms with Gasteiger partial charge in [-0.05, 0) is 29.8 Å². The molecule has 0 bridgehead atoms. The van der Waals surface area contributed by atoms with Crippen molar-refractivity contribution in [3.8, 4) is 0 Å². The number of carbonyl (C=O) groups is 1. The zero-order valence-corrected chi connectivity index (χ0v) is 13.1. The number of hydrogen-bond acceptors (Lipinski definition) is 3. The first-order valence-electron chi connectivity index (χ1n) is 7.48. The second-order valence-electron chi connectivity index (χ2n) is 5.54. The molecule has 116 valence electrons. The topological polar surface area (TPSA) is 36.7 Å². The Hall–Kier alpha value is -1.78. The van der Waals surface area contributed by atoms with Gasteiger partial charge in [-0.1, -0.05) is 23.7 Å². The summed E-state index contributed by atoms with van der Waals surface area (Å²) in [4.78, 5) is 16.6. The first kappa shape index (κ1) is 15.1. The lowest BCUT2D eigenvalue weighted by Gasteiger charge is -2.34. The van der Waals surface area contributed by atoms with Crippen LogP contribution in [0.5, 0.6) is 0 Å². The zero-order valence-electron chi connectivity index (χ0n) is 12.4. The Balaban J connectivity index is 1.48. The average Bonchev–Trinajstić information content (AvgIpc) is 3.03. The lowest BCUT2D eigenvalue weighted by atomic mass is 10.1. The molecular weight excluding hydrogens is 300 g/mol. The first-order chi connectivity index (χ1) is 10.7. The maximum absolute atomic E-state index is 12.3. The number of halogens is 1. The Kier molecular flexibility index (Phi) is 4.80. The summed E-state index contributed by atoms with van der Waals surface area (Å²) in [7, 11) is 0. The van der Waals surface area contributed by atoms with Crippen molar-refractivity contribution in [2.45, 2.75) is 13.0 Å². The Labute approximate surface area is 135 Å². The predicted molar refractivity (Wildman–Crippen MR) is 85.7 cm³/mol. The maximum Gasteiger partial charge on any atom is 0.227 e. The van der Waals surface area contributed by atoms with Crippen molar-refractivity contribution >= 4 is 17.5 Å². The van der Waals surface area contributed by atoms with E-state index in [9.17, 15) is 4.79 Å². The molecule has 0 spiro atoms. The summed E-state index contributed by atoms with van der Waals surface area (Å²) in [5.74, 6) is 1.15. The number of furan rings is 1. The van der Waals surface area contributed by atoms with Crippen molar-refractivity contribution < 1.29 is 9.21 Å². The smallest absolute Gasteiger partial charge is 0.227 e. The van der Waals surface area contributed by atoms with Gasteiger partial charge < -0.3 is 9.32 Å². The molecule has 4 nitrogen and oxygen atoms in total. The van der Waals surface area contributed by atoms with E-state index in [0.29, 0.717) is 11.4 Å². The van der Waals surface area contributed by atoms with Gasteiger partial charge in [0.25, 0.3) is 0 Å². The first-order valence-corrected chi connectivity index (χ1v) is 7.85. The second-order valence-corrected chi connectivity index (χ2v) is 5.98. The van der Waals surface area contributed by atoms with Crippen molar-refractivity contribution in [3.63, 3.8) is 0 Å². The number of amides is 1. The van der Waals surface area contributed by atoms with E-state index in [1.54, 1.807) is 6.26 Å². The highest BCUT2D eigenvalue weighted by Gasteiger charge is 2.21. The number of piperazine rings is 1. The summed E-state index contributed by atoms with van der Waals surface area (Å²) in [5, 5.41) is 0.697. The van der Waals surface area contributed by atoms with Crippen LogP contribution < -0.4 is 0 Å². The molecule has 1 fully saturated rings. The molecule has 1 aromatic heterocycles. The van der Waals surface area contributed by atoms with Crippen molar-refractivity contribution in [3.05, 3.63) is 59.0 Å². The van der Waals surface area contributed by atoms with Gasteiger partial charge in [-0.2, -0.15) is 0 Å². The third-order valence-electron chi connectivity index (χ3n) is 3.95. The third-order valence-corrected chi connectivity index (χ3v) is 4.21. The van der Waals surface area contributed by atoms with Gasteiger partial charge in [-0.25, -0.2) is 0 Å². The third kappa shape index (κ3) is 3.90. The highest BCUT2D eigenvalue weighted by Crippen LogP contribution is 2.13. The molecule has 1 amide bonds. The van der Waals surface area contributed by atoms with Crippen LogP contribution >= 0.6 is 11.6 Å². The van der Waals surface area contributed by atoms with Crippen LogP contribution in [0.25, 0.3) is 0 Å². The van der Waals surface area contributed by atoms with Crippen LogP contribution in [0.2, 0.25) is 5.02 Å². The van der Waals surface area contributed by atoms with Crippen LogP contribution in [0.3, 0.4) is 0 Å². The van der Waals surface area contributed by atoms with Gasteiger partial charge in [0.15, 0.2) is 0 Å². The van der Waals surface area contributed by atoms with E-state index in [2.05, 4.69) is 4.90 Å². The minimum atomic E-state index is 0.181. The Morgan fingerprint density at radius 1 is 1.09 bits per heavy atom. The van der Waals surface area contributed by atoms with E-state index in [0.717, 1.165) is 44.0 Å². The van der Waals surface area contributed by atoms with E-state index in [1.165, 1.54) is 0 Å². The lowest BCUT2D eigenvalue weighted by molar-refractivity contribution is -0.132. The summed E-state index contributed by atoms with van der Waals surface area (Å²) < 4.78 is 5.37. The number of benzene rings is 1. The highest BCUT2D eigenvalue weighted by molar-refractivity contribution is 6.30. The van der Waals surface area contributed by atoms with Gasteiger partial charge in [0.05, 0.1) is 19.2 Å². The van der Waals surface area contributed by atoms with E-state index >= 15 is 0 Å². The van der Waals surface area contributed by atoms with Crippen molar-refractivity contribution in [1.29, 1.82) is 0 Å². The summed E-state index contributed by atoms with van der Waals surface area (Å²) in [6.07, 6.45) is 2.14. The zero-order chi connectivity index (χ0) is 15.4. The molecule has 1 saturated heterocycles. The van der Waals surface area contributed by atoms with Gasteiger partial charge >= 0.3 is 0 Å². The number of hydrogen-bond donors (Lipinski definition) is 0. The quantitative estimate of drug-likeness (QED) is 0.870. The second kappa shape index (κ2) is 6.99. The lowest BCUT2D eigenvalue weighted by Crippen LogP contribution is -2.48. The minimum Gasteiger partial charge on any atom is -0.468 e. The maximum atomic E-state index is 12.3. The van der Waals surface area contributed by atoms with Gasteiger partial charge in [0.2, 0.25) is 5.91 Å². The fourth-order valence-corrected chi connectivity index (χ4v) is 2.79. The van der Waals surface area contributed by atoms with Crippen LogP contribution in [0.4, 0.5) is 0 Å². The molecule has 1 aliphatic heterocycles. The molecule has 0 N–H and O–H groups in total. The van der Waals surface area contributed by atoms with Gasteiger partial charge in [-0.15, -0.1) is 0 Å². The van der Waals surface area contributed by atoms with Crippen molar-refractivity contribution in [2.75, 3.05) is 26.2 Å². The fraction of sp³-hybridized carbons (Fsp3) is 0.353. The molecule has 22 heavy (non-hydrogen) atoms. The Morgan fingerprint density at radius 2 is 1.82 bits per heavy atom. The van der Waals surface area contributed by atoms with Crippen LogP contribution in [0.15, 0.2) is 47.1 Å². The van der Waals surface area contributed by atoms with E-state index in [1.807, 2.05) is 41.3 Å². The number of nitrogens with zero attached hydrogens (tertiary/aromatic N) is 2. The van der Waals surface area contributed by atoms with Crippen LogP contribution in [0.1, 0.15) is 11.3 Å². The predicted octanol–water partition coefficient (Wildman–Crippen LogP) is 2.82. The monoisotopic (exact) mass is 318 g/mol. The average molecular weight is 319 g/mol. The van der Waals surface area contributed by atoms with Gasteiger partial charge in [0, 0.05) is 31.2 Å². The Bertz CT molecular complexity index is 602. The van der Waals surface area contributed by atoms with E-state index < -0.39 is 0 Å². The van der Waals surface area contributed by atoms with Crippen LogP contribution in [-0.4, -0.2) is 41.9 Å². The van der Waals surface area contributed by atoms with Gasteiger partial charge in [-0.3, -0.25) is 9.69 Å². The van der Waals surface area contributed by atoms with Crippen LogP contribution in [0, 0.1) is 0 Å². The minimum absolute atomic E-state index is 0.181. The molecule has 0 saturated carbocycles. The molecule has 5 heteroatoms.